The van der Waals surface area contributed by atoms with E-state index in [0.717, 1.165) is 5.56 Å². The first-order chi connectivity index (χ1) is 12.6. The first-order valence-electron chi connectivity index (χ1n) is 8.50. The number of hydrogen-bond donors (Lipinski definition) is 2. The highest BCUT2D eigenvalue weighted by atomic mass is 32.1. The molecule has 1 fully saturated rings. The van der Waals surface area contributed by atoms with Crippen molar-refractivity contribution >= 4 is 23.2 Å². The number of carbonyl (C=O) groups excluding carboxylic acids is 1. The van der Waals surface area contributed by atoms with Crippen LogP contribution in [0.3, 0.4) is 0 Å². The van der Waals surface area contributed by atoms with Gasteiger partial charge in [-0.25, -0.2) is 4.79 Å². The number of aryl methyl sites for hydroxylation is 1. The van der Waals surface area contributed by atoms with Gasteiger partial charge in [0.05, 0.1) is 24.8 Å². The molecule has 6 nitrogen and oxygen atoms in total. The number of thiophene rings is 1. The highest BCUT2D eigenvalue weighted by molar-refractivity contribution is 7.07. The van der Waals surface area contributed by atoms with Crippen molar-refractivity contribution in [3.63, 3.8) is 0 Å². The topological polar surface area (TPSA) is 84.9 Å². The van der Waals surface area contributed by atoms with E-state index in [1.54, 1.807) is 23.5 Å². The van der Waals surface area contributed by atoms with Gasteiger partial charge in [0.1, 0.15) is 11.9 Å². The highest BCUT2D eigenvalue weighted by Gasteiger charge is 2.29. The van der Waals surface area contributed by atoms with Crippen molar-refractivity contribution in [3.8, 4) is 5.75 Å². The minimum atomic E-state index is -0.974. The van der Waals surface area contributed by atoms with Gasteiger partial charge in [-0.05, 0) is 53.1 Å². The molecule has 0 radical (unpaired) electrons. The van der Waals surface area contributed by atoms with Crippen molar-refractivity contribution in [1.82, 2.24) is 5.32 Å². The van der Waals surface area contributed by atoms with Crippen LogP contribution in [-0.2, 0) is 16.0 Å². The lowest BCUT2D eigenvalue weighted by atomic mass is 10.1. The lowest BCUT2D eigenvalue weighted by Crippen LogP contribution is -2.51. The molecule has 0 bridgehead atoms. The van der Waals surface area contributed by atoms with Crippen LogP contribution in [0.15, 0.2) is 41.1 Å². The number of nitrogens with one attached hydrogen (secondary N) is 1. The van der Waals surface area contributed by atoms with Crippen LogP contribution in [0.4, 0.5) is 0 Å². The molecule has 2 atom stereocenters. The number of amides is 1. The molecule has 0 aliphatic carbocycles. The number of rotatable bonds is 7. The zero-order chi connectivity index (χ0) is 18.4. The number of carboxylic acids is 1. The van der Waals surface area contributed by atoms with Gasteiger partial charge in [-0.1, -0.05) is 0 Å². The van der Waals surface area contributed by atoms with E-state index in [1.165, 1.54) is 12.1 Å². The van der Waals surface area contributed by atoms with E-state index >= 15 is 0 Å². The summed E-state index contributed by atoms with van der Waals surface area (Å²) in [7, 11) is 0. The molecule has 138 valence electrons. The lowest BCUT2D eigenvalue weighted by Gasteiger charge is -2.32. The Hall–Kier alpha value is -2.38. The second-order valence-corrected chi connectivity index (χ2v) is 6.94. The van der Waals surface area contributed by atoms with E-state index in [-0.39, 0.29) is 23.6 Å². The molecule has 0 saturated carbocycles. The summed E-state index contributed by atoms with van der Waals surface area (Å²) >= 11 is 1.62. The van der Waals surface area contributed by atoms with E-state index in [2.05, 4.69) is 5.32 Å². The maximum Gasteiger partial charge on any atom is 0.335 e. The Balaban J connectivity index is 1.55. The summed E-state index contributed by atoms with van der Waals surface area (Å²) in [6.07, 6.45) is 1.60. The van der Waals surface area contributed by atoms with Gasteiger partial charge in [0.2, 0.25) is 5.91 Å². The zero-order valence-corrected chi connectivity index (χ0v) is 15.0. The Kier molecular flexibility index (Phi) is 6.25. The summed E-state index contributed by atoms with van der Waals surface area (Å²) in [4.78, 5) is 23.2. The predicted octanol–water partition coefficient (Wildman–Crippen LogP) is 2.73. The van der Waals surface area contributed by atoms with Crippen molar-refractivity contribution in [2.24, 2.45) is 0 Å². The summed E-state index contributed by atoms with van der Waals surface area (Å²) in [6, 6.07) is 8.08. The molecular weight excluding hydrogens is 354 g/mol. The molecule has 26 heavy (non-hydrogen) atoms. The number of hydrogen-bond acceptors (Lipinski definition) is 5. The Morgan fingerprint density at radius 2 is 2.08 bits per heavy atom. The predicted molar refractivity (Wildman–Crippen MR) is 97.8 cm³/mol. The average molecular weight is 375 g/mol. The minimum Gasteiger partial charge on any atom is -0.488 e. The fraction of sp³-hybridized carbons (Fsp3) is 0.368. The minimum absolute atomic E-state index is 0.0264. The normalized spacial score (nSPS) is 19.7. The fourth-order valence-electron chi connectivity index (χ4n) is 2.82. The second kappa shape index (κ2) is 8.82. The molecule has 0 unspecified atom stereocenters. The molecule has 0 spiro atoms. The summed E-state index contributed by atoms with van der Waals surface area (Å²) in [5.74, 6) is -0.417. The smallest absolute Gasteiger partial charge is 0.335 e. The molecule has 1 aromatic carbocycles. The molecule has 1 amide bonds. The van der Waals surface area contributed by atoms with Gasteiger partial charge >= 0.3 is 5.97 Å². The third-order valence-electron chi connectivity index (χ3n) is 4.25. The molecule has 3 rings (SSSR count). The van der Waals surface area contributed by atoms with Gasteiger partial charge in [0.25, 0.3) is 0 Å². The maximum absolute atomic E-state index is 12.2. The fourth-order valence-corrected chi connectivity index (χ4v) is 3.52. The number of aromatic carboxylic acids is 1. The molecule has 1 aromatic heterocycles. The number of ether oxygens (including phenoxy) is 2. The monoisotopic (exact) mass is 375 g/mol. The third kappa shape index (κ3) is 5.06. The molecule has 1 aliphatic heterocycles. The van der Waals surface area contributed by atoms with Gasteiger partial charge in [-0.3, -0.25) is 4.79 Å². The highest BCUT2D eigenvalue weighted by Crippen LogP contribution is 2.19. The Morgan fingerprint density at radius 3 is 2.77 bits per heavy atom. The van der Waals surface area contributed by atoms with E-state index < -0.39 is 5.97 Å². The van der Waals surface area contributed by atoms with Crippen LogP contribution in [-0.4, -0.2) is 42.3 Å². The second-order valence-electron chi connectivity index (χ2n) is 6.16. The first kappa shape index (κ1) is 18.4. The third-order valence-corrected chi connectivity index (χ3v) is 4.98. The van der Waals surface area contributed by atoms with Gasteiger partial charge in [0.15, 0.2) is 0 Å². The first-order valence-corrected chi connectivity index (χ1v) is 9.44. The molecule has 1 aliphatic rings. The SMILES string of the molecule is O=C(CCc1ccsc1)N[C@@H]1COCC[C@H]1Oc1ccc(C(=O)O)cc1. The van der Waals surface area contributed by atoms with Gasteiger partial charge < -0.3 is 19.9 Å². The average Bonchev–Trinajstić information content (AvgIpc) is 3.16. The van der Waals surface area contributed by atoms with Crippen molar-refractivity contribution in [1.29, 1.82) is 0 Å². The van der Waals surface area contributed by atoms with Crippen LogP contribution < -0.4 is 10.1 Å². The van der Waals surface area contributed by atoms with Crippen LogP contribution >= 0.6 is 11.3 Å². The zero-order valence-electron chi connectivity index (χ0n) is 14.2. The Morgan fingerprint density at radius 1 is 1.27 bits per heavy atom. The van der Waals surface area contributed by atoms with Crippen molar-refractivity contribution in [2.45, 2.75) is 31.4 Å². The summed E-state index contributed by atoms with van der Waals surface area (Å²) in [5, 5.41) is 16.0. The summed E-state index contributed by atoms with van der Waals surface area (Å²) in [6.45, 7) is 0.973. The van der Waals surface area contributed by atoms with Crippen LogP contribution in [0.5, 0.6) is 5.75 Å². The molecular formula is C19H21NO5S. The van der Waals surface area contributed by atoms with E-state index in [0.29, 0.717) is 38.2 Å². The standard InChI is InChI=1S/C19H21NO5S/c21-18(6-1-13-8-10-26-12-13)20-16-11-24-9-7-17(16)25-15-4-2-14(3-5-15)19(22)23/h2-5,8,10,12,16-17H,1,6-7,9,11H2,(H,20,21)(H,22,23)/t16-,17-/m1/s1. The van der Waals surface area contributed by atoms with Crippen LogP contribution in [0.1, 0.15) is 28.8 Å². The van der Waals surface area contributed by atoms with Crippen LogP contribution in [0.2, 0.25) is 0 Å². The van der Waals surface area contributed by atoms with Gasteiger partial charge in [-0.2, -0.15) is 11.3 Å². The van der Waals surface area contributed by atoms with Crippen LogP contribution in [0.25, 0.3) is 0 Å². The Labute approximate surface area is 155 Å². The summed E-state index contributed by atoms with van der Waals surface area (Å²) in [5.41, 5.74) is 1.37. The summed E-state index contributed by atoms with van der Waals surface area (Å²) < 4.78 is 11.4. The molecule has 2 N–H and O–H groups in total. The molecule has 1 saturated heterocycles. The number of carbonyl (C=O) groups is 2. The number of benzene rings is 1. The Bertz CT molecular complexity index is 729. The van der Waals surface area contributed by atoms with E-state index in [1.807, 2.05) is 16.8 Å². The largest absolute Gasteiger partial charge is 0.488 e. The molecule has 2 heterocycles. The van der Waals surface area contributed by atoms with E-state index in [4.69, 9.17) is 14.6 Å². The van der Waals surface area contributed by atoms with Crippen molar-refractivity contribution in [2.75, 3.05) is 13.2 Å². The van der Waals surface area contributed by atoms with Crippen molar-refractivity contribution < 1.29 is 24.2 Å². The van der Waals surface area contributed by atoms with Gasteiger partial charge in [0, 0.05) is 12.8 Å². The van der Waals surface area contributed by atoms with Crippen molar-refractivity contribution in [3.05, 3.63) is 52.2 Å². The number of carboxylic acid groups (broad SMARTS) is 1. The maximum atomic E-state index is 12.2. The quantitative estimate of drug-likeness (QED) is 0.777. The molecule has 2 aromatic rings. The van der Waals surface area contributed by atoms with Crippen LogP contribution in [0, 0.1) is 0 Å². The van der Waals surface area contributed by atoms with E-state index in [9.17, 15) is 9.59 Å². The van der Waals surface area contributed by atoms with Gasteiger partial charge in [-0.15, -0.1) is 0 Å². The molecule has 7 heteroatoms. The lowest BCUT2D eigenvalue weighted by molar-refractivity contribution is -0.124.